The van der Waals surface area contributed by atoms with E-state index in [4.69, 9.17) is 5.11 Å². The van der Waals surface area contributed by atoms with Gasteiger partial charge in [0.15, 0.2) is 0 Å². The fourth-order valence-electron chi connectivity index (χ4n) is 1.07. The highest BCUT2D eigenvalue weighted by Crippen LogP contribution is 2.15. The molecule has 1 aromatic carbocycles. The largest absolute Gasteiger partial charge is 0.381 e. The highest BCUT2D eigenvalue weighted by molar-refractivity contribution is 5.88. The predicted octanol–water partition coefficient (Wildman–Crippen LogP) is 1.52. The van der Waals surface area contributed by atoms with Gasteiger partial charge in [-0.25, -0.2) is 4.39 Å². The maximum Gasteiger partial charge on any atom is 0.221 e. The zero-order chi connectivity index (χ0) is 12.1. The lowest BCUT2D eigenvalue weighted by Gasteiger charge is -2.03. The fourth-order valence-corrected chi connectivity index (χ4v) is 1.07. The van der Waals surface area contributed by atoms with Crippen molar-refractivity contribution in [2.75, 3.05) is 5.32 Å². The first-order valence-corrected chi connectivity index (χ1v) is 4.76. The highest BCUT2D eigenvalue weighted by atomic mass is 19.1. The fraction of sp³-hybridized carbons (Fsp3) is 0.250. The molecule has 0 aliphatic carbocycles. The number of amides is 1. The van der Waals surface area contributed by atoms with Crippen LogP contribution in [-0.2, 0) is 4.79 Å². The van der Waals surface area contributed by atoms with Gasteiger partial charge in [-0.05, 0) is 25.1 Å². The summed E-state index contributed by atoms with van der Waals surface area (Å²) in [6.45, 7) is 2.83. The Morgan fingerprint density at radius 3 is 2.75 bits per heavy atom. The van der Waals surface area contributed by atoms with E-state index in [9.17, 15) is 9.18 Å². The van der Waals surface area contributed by atoms with Crippen LogP contribution in [0.3, 0.4) is 0 Å². The second kappa shape index (κ2) is 5.29. The molecule has 0 radical (unpaired) electrons. The molecule has 3 nitrogen and oxygen atoms in total. The topological polar surface area (TPSA) is 49.3 Å². The highest BCUT2D eigenvalue weighted by Gasteiger charge is 2.03. The molecule has 0 aromatic heterocycles. The number of nitrogens with one attached hydrogen (secondary N) is 1. The van der Waals surface area contributed by atoms with Gasteiger partial charge in [-0.1, -0.05) is 11.8 Å². The number of halogens is 1. The van der Waals surface area contributed by atoms with E-state index >= 15 is 0 Å². The van der Waals surface area contributed by atoms with E-state index in [0.717, 1.165) is 0 Å². The molecule has 1 unspecified atom stereocenters. The minimum absolute atomic E-state index is 0.120. The maximum atomic E-state index is 13.4. The number of hydrogen-bond acceptors (Lipinski definition) is 2. The number of aliphatic hydroxyl groups excluding tert-OH is 1. The second-order valence-corrected chi connectivity index (χ2v) is 3.32. The van der Waals surface area contributed by atoms with Crippen LogP contribution in [0.15, 0.2) is 18.2 Å². The van der Waals surface area contributed by atoms with Gasteiger partial charge >= 0.3 is 0 Å². The monoisotopic (exact) mass is 221 g/mol. The van der Waals surface area contributed by atoms with Gasteiger partial charge in [0.25, 0.3) is 0 Å². The van der Waals surface area contributed by atoms with Crippen LogP contribution in [0, 0.1) is 17.7 Å². The Hall–Kier alpha value is -1.86. The summed E-state index contributed by atoms with van der Waals surface area (Å²) in [6, 6.07) is 4.22. The number of carbonyl (C=O) groups excluding carboxylic acids is 1. The lowest BCUT2D eigenvalue weighted by molar-refractivity contribution is -0.114. The van der Waals surface area contributed by atoms with E-state index in [-0.39, 0.29) is 11.6 Å². The van der Waals surface area contributed by atoms with Crippen molar-refractivity contribution >= 4 is 11.6 Å². The summed E-state index contributed by atoms with van der Waals surface area (Å²) in [5, 5.41) is 11.3. The summed E-state index contributed by atoms with van der Waals surface area (Å²) in [6.07, 6.45) is -0.752. The van der Waals surface area contributed by atoms with Gasteiger partial charge in [-0.15, -0.1) is 0 Å². The third-order valence-corrected chi connectivity index (χ3v) is 1.71. The minimum Gasteiger partial charge on any atom is -0.381 e. The van der Waals surface area contributed by atoms with E-state index in [1.165, 1.54) is 26.0 Å². The number of rotatable bonds is 1. The molecule has 0 heterocycles. The Balaban J connectivity index is 2.92. The third-order valence-electron chi connectivity index (χ3n) is 1.71. The Morgan fingerprint density at radius 1 is 1.56 bits per heavy atom. The van der Waals surface area contributed by atoms with Crippen LogP contribution in [0.1, 0.15) is 19.4 Å². The second-order valence-electron chi connectivity index (χ2n) is 3.32. The van der Waals surface area contributed by atoms with Crippen molar-refractivity contribution in [3.05, 3.63) is 29.6 Å². The standard InChI is InChI=1S/C12H12FNO2/c1-8(15)3-4-10-5-6-12(11(13)7-10)14-9(2)16/h5-8,15H,1-2H3,(H,14,16). The molecule has 1 amide bonds. The smallest absolute Gasteiger partial charge is 0.221 e. The zero-order valence-electron chi connectivity index (χ0n) is 9.04. The first kappa shape index (κ1) is 12.2. The van der Waals surface area contributed by atoms with Crippen molar-refractivity contribution in [2.45, 2.75) is 20.0 Å². The molecule has 0 bridgehead atoms. The average Bonchev–Trinajstić information content (AvgIpc) is 2.18. The summed E-state index contributed by atoms with van der Waals surface area (Å²) < 4.78 is 13.4. The van der Waals surface area contributed by atoms with Crippen LogP contribution < -0.4 is 5.32 Å². The Morgan fingerprint density at radius 2 is 2.25 bits per heavy atom. The SMILES string of the molecule is CC(=O)Nc1ccc(C#CC(C)O)cc1F. The van der Waals surface area contributed by atoms with Crippen LogP contribution >= 0.6 is 0 Å². The molecular weight excluding hydrogens is 209 g/mol. The molecule has 4 heteroatoms. The molecule has 1 aromatic rings. The predicted molar refractivity (Wildman–Crippen MR) is 59.3 cm³/mol. The van der Waals surface area contributed by atoms with Crippen molar-refractivity contribution < 1.29 is 14.3 Å². The first-order valence-electron chi connectivity index (χ1n) is 4.76. The summed E-state index contributed by atoms with van der Waals surface area (Å²) in [7, 11) is 0. The molecule has 0 spiro atoms. The lowest BCUT2D eigenvalue weighted by atomic mass is 10.2. The van der Waals surface area contributed by atoms with E-state index in [2.05, 4.69) is 17.2 Å². The van der Waals surface area contributed by atoms with Crippen LogP contribution in [-0.4, -0.2) is 17.1 Å². The van der Waals surface area contributed by atoms with E-state index in [1.807, 2.05) is 0 Å². The van der Waals surface area contributed by atoms with Gasteiger partial charge in [-0.2, -0.15) is 0 Å². The normalized spacial score (nSPS) is 11.2. The number of aliphatic hydroxyl groups is 1. The molecule has 1 rings (SSSR count). The summed E-state index contributed by atoms with van der Waals surface area (Å²) in [5.74, 6) is 4.23. The number of carbonyl (C=O) groups is 1. The van der Waals surface area contributed by atoms with Crippen molar-refractivity contribution in [3.8, 4) is 11.8 Å². The van der Waals surface area contributed by atoms with Gasteiger partial charge in [0.2, 0.25) is 5.91 Å². The molecular formula is C12H12FNO2. The average molecular weight is 221 g/mol. The molecule has 0 fully saturated rings. The first-order chi connectivity index (χ1) is 7.49. The van der Waals surface area contributed by atoms with Crippen LogP contribution in [0.5, 0.6) is 0 Å². The van der Waals surface area contributed by atoms with Crippen molar-refractivity contribution in [1.29, 1.82) is 0 Å². The van der Waals surface area contributed by atoms with Gasteiger partial charge in [0.05, 0.1) is 5.69 Å². The molecule has 2 N–H and O–H groups in total. The molecule has 0 saturated heterocycles. The van der Waals surface area contributed by atoms with E-state index in [0.29, 0.717) is 5.56 Å². The zero-order valence-corrected chi connectivity index (χ0v) is 9.04. The number of hydrogen-bond donors (Lipinski definition) is 2. The summed E-state index contributed by atoms with van der Waals surface area (Å²) >= 11 is 0. The number of benzene rings is 1. The third kappa shape index (κ3) is 3.71. The molecule has 0 aliphatic rings. The molecule has 84 valence electrons. The Labute approximate surface area is 93.3 Å². The molecule has 1 atom stereocenters. The van der Waals surface area contributed by atoms with Gasteiger partial charge in [-0.3, -0.25) is 4.79 Å². The Kier molecular flexibility index (Phi) is 4.03. The van der Waals surface area contributed by atoms with Crippen LogP contribution in [0.4, 0.5) is 10.1 Å². The van der Waals surface area contributed by atoms with Crippen molar-refractivity contribution in [2.24, 2.45) is 0 Å². The van der Waals surface area contributed by atoms with Gasteiger partial charge in [0, 0.05) is 12.5 Å². The molecule has 16 heavy (non-hydrogen) atoms. The molecule has 0 aliphatic heterocycles. The van der Waals surface area contributed by atoms with Gasteiger partial charge in [0.1, 0.15) is 11.9 Å². The van der Waals surface area contributed by atoms with E-state index in [1.54, 1.807) is 6.07 Å². The molecule has 0 saturated carbocycles. The van der Waals surface area contributed by atoms with Crippen molar-refractivity contribution in [3.63, 3.8) is 0 Å². The Bertz CT molecular complexity index is 458. The quantitative estimate of drug-likeness (QED) is 0.706. The van der Waals surface area contributed by atoms with Crippen LogP contribution in [0.25, 0.3) is 0 Å². The number of anilines is 1. The maximum absolute atomic E-state index is 13.4. The van der Waals surface area contributed by atoms with E-state index < -0.39 is 11.9 Å². The van der Waals surface area contributed by atoms with Crippen molar-refractivity contribution in [1.82, 2.24) is 0 Å². The van der Waals surface area contributed by atoms with Gasteiger partial charge < -0.3 is 10.4 Å². The van der Waals surface area contributed by atoms with Crippen LogP contribution in [0.2, 0.25) is 0 Å². The lowest BCUT2D eigenvalue weighted by Crippen LogP contribution is -2.07. The minimum atomic E-state index is -0.752. The summed E-state index contributed by atoms with van der Waals surface area (Å²) in [5.41, 5.74) is 0.572. The summed E-state index contributed by atoms with van der Waals surface area (Å²) in [4.78, 5) is 10.7.